The van der Waals surface area contributed by atoms with Crippen molar-refractivity contribution in [3.05, 3.63) is 53.3 Å². The fraction of sp³-hybridized carbons (Fsp3) is 0.278. The highest BCUT2D eigenvalue weighted by Crippen LogP contribution is 2.24. The molecule has 1 amide bonds. The van der Waals surface area contributed by atoms with E-state index >= 15 is 0 Å². The van der Waals surface area contributed by atoms with Gasteiger partial charge in [-0.1, -0.05) is 18.2 Å². The molecule has 0 saturated carbocycles. The van der Waals surface area contributed by atoms with E-state index < -0.39 is 0 Å². The lowest BCUT2D eigenvalue weighted by Crippen LogP contribution is -2.24. The Balaban J connectivity index is 1.45. The van der Waals surface area contributed by atoms with Gasteiger partial charge in [-0.25, -0.2) is 9.97 Å². The number of carbonyl (C=O) groups excluding carboxylic acids is 1. The van der Waals surface area contributed by atoms with Crippen LogP contribution in [0.5, 0.6) is 0 Å². The molecule has 128 valence electrons. The van der Waals surface area contributed by atoms with Crippen LogP contribution in [0.2, 0.25) is 0 Å². The summed E-state index contributed by atoms with van der Waals surface area (Å²) in [5, 5.41) is 6.04. The number of carbonyl (C=O) groups is 1. The molecule has 0 spiro atoms. The van der Waals surface area contributed by atoms with Crippen LogP contribution in [0, 0.1) is 0 Å². The number of H-pyrrole nitrogens is 1. The zero-order valence-electron chi connectivity index (χ0n) is 13.7. The molecule has 3 aromatic rings. The van der Waals surface area contributed by atoms with Gasteiger partial charge in [0.15, 0.2) is 5.13 Å². The molecule has 0 unspecified atom stereocenters. The smallest absolute Gasteiger partial charge is 0.252 e. The Bertz CT molecular complexity index is 852. The molecular weight excluding hydrogens is 334 g/mol. The lowest BCUT2D eigenvalue weighted by Gasteiger charge is -2.12. The number of hydrogen-bond donors (Lipinski definition) is 2. The van der Waals surface area contributed by atoms with Gasteiger partial charge in [0, 0.05) is 36.4 Å². The fourth-order valence-corrected chi connectivity index (χ4v) is 3.88. The van der Waals surface area contributed by atoms with E-state index in [0.717, 1.165) is 29.5 Å². The summed E-state index contributed by atoms with van der Waals surface area (Å²) in [7, 11) is 0. The maximum Gasteiger partial charge on any atom is 0.252 e. The van der Waals surface area contributed by atoms with E-state index in [4.69, 9.17) is 0 Å². The SMILES string of the molecule is O=C(NCc1csc(N2CCCC2)n1)c1ccccc1-c1ncc[nH]1. The van der Waals surface area contributed by atoms with Gasteiger partial charge in [0.2, 0.25) is 0 Å². The Labute approximate surface area is 149 Å². The molecule has 2 aromatic heterocycles. The van der Waals surface area contributed by atoms with Crippen LogP contribution < -0.4 is 10.2 Å². The van der Waals surface area contributed by atoms with Crippen molar-refractivity contribution in [3.63, 3.8) is 0 Å². The van der Waals surface area contributed by atoms with E-state index in [1.165, 1.54) is 12.8 Å². The molecule has 7 heteroatoms. The average Bonchev–Trinajstić information content (AvgIpc) is 3.41. The number of aromatic nitrogens is 3. The van der Waals surface area contributed by atoms with E-state index in [-0.39, 0.29) is 5.91 Å². The van der Waals surface area contributed by atoms with Crippen LogP contribution in [0.15, 0.2) is 42.0 Å². The van der Waals surface area contributed by atoms with E-state index in [1.807, 2.05) is 29.6 Å². The summed E-state index contributed by atoms with van der Waals surface area (Å²) in [6.07, 6.45) is 5.89. The van der Waals surface area contributed by atoms with Gasteiger partial charge in [-0.05, 0) is 18.9 Å². The fourth-order valence-electron chi connectivity index (χ4n) is 3.00. The van der Waals surface area contributed by atoms with Crippen molar-refractivity contribution in [2.24, 2.45) is 0 Å². The van der Waals surface area contributed by atoms with Gasteiger partial charge in [0.1, 0.15) is 5.82 Å². The van der Waals surface area contributed by atoms with Crippen LogP contribution in [-0.2, 0) is 6.54 Å². The minimum atomic E-state index is -0.122. The Morgan fingerprint density at radius 1 is 1.28 bits per heavy atom. The molecule has 1 aliphatic rings. The maximum absolute atomic E-state index is 12.6. The van der Waals surface area contributed by atoms with Gasteiger partial charge >= 0.3 is 0 Å². The van der Waals surface area contributed by atoms with Crippen LogP contribution in [0.4, 0.5) is 5.13 Å². The summed E-state index contributed by atoms with van der Waals surface area (Å²) < 4.78 is 0. The number of thiazole rings is 1. The number of imidazole rings is 1. The number of hydrogen-bond acceptors (Lipinski definition) is 5. The quantitative estimate of drug-likeness (QED) is 0.739. The van der Waals surface area contributed by atoms with Crippen LogP contribution in [0.25, 0.3) is 11.4 Å². The molecule has 3 heterocycles. The first-order valence-electron chi connectivity index (χ1n) is 8.37. The molecule has 0 atom stereocenters. The predicted molar refractivity (Wildman–Crippen MR) is 98.8 cm³/mol. The highest BCUT2D eigenvalue weighted by Gasteiger charge is 2.17. The Hall–Kier alpha value is -2.67. The number of amides is 1. The summed E-state index contributed by atoms with van der Waals surface area (Å²) in [4.78, 5) is 26.9. The lowest BCUT2D eigenvalue weighted by molar-refractivity contribution is 0.0951. The molecule has 4 rings (SSSR count). The second-order valence-electron chi connectivity index (χ2n) is 5.98. The zero-order chi connectivity index (χ0) is 17.1. The maximum atomic E-state index is 12.6. The summed E-state index contributed by atoms with van der Waals surface area (Å²) in [6, 6.07) is 7.46. The van der Waals surface area contributed by atoms with E-state index in [9.17, 15) is 4.79 Å². The molecule has 1 saturated heterocycles. The highest BCUT2D eigenvalue weighted by molar-refractivity contribution is 7.13. The number of nitrogens with zero attached hydrogens (tertiary/aromatic N) is 3. The van der Waals surface area contributed by atoms with Gasteiger partial charge in [-0.3, -0.25) is 4.79 Å². The number of nitrogens with one attached hydrogen (secondary N) is 2. The van der Waals surface area contributed by atoms with Crippen molar-refractivity contribution in [2.75, 3.05) is 18.0 Å². The Kier molecular flexibility index (Phi) is 4.47. The summed E-state index contributed by atoms with van der Waals surface area (Å²) in [6.45, 7) is 2.58. The molecule has 0 aliphatic carbocycles. The van der Waals surface area contributed by atoms with Crippen molar-refractivity contribution in [2.45, 2.75) is 19.4 Å². The number of rotatable bonds is 5. The third kappa shape index (κ3) is 3.41. The monoisotopic (exact) mass is 353 g/mol. The topological polar surface area (TPSA) is 73.9 Å². The molecule has 1 fully saturated rings. The van der Waals surface area contributed by atoms with Gasteiger partial charge in [-0.2, -0.15) is 0 Å². The van der Waals surface area contributed by atoms with E-state index in [1.54, 1.807) is 23.7 Å². The van der Waals surface area contributed by atoms with E-state index in [2.05, 4.69) is 25.2 Å². The molecule has 0 radical (unpaired) electrons. The average molecular weight is 353 g/mol. The summed E-state index contributed by atoms with van der Waals surface area (Å²) in [5.74, 6) is 0.568. The van der Waals surface area contributed by atoms with Gasteiger partial charge in [0.05, 0.1) is 17.8 Å². The van der Waals surface area contributed by atoms with Crippen molar-refractivity contribution in [3.8, 4) is 11.4 Å². The van der Waals surface area contributed by atoms with Crippen molar-refractivity contribution >= 4 is 22.4 Å². The first-order chi connectivity index (χ1) is 12.3. The molecule has 25 heavy (non-hydrogen) atoms. The second kappa shape index (κ2) is 7.06. The van der Waals surface area contributed by atoms with Crippen molar-refractivity contribution in [1.29, 1.82) is 0 Å². The van der Waals surface area contributed by atoms with Gasteiger partial charge in [0.25, 0.3) is 5.91 Å². The van der Waals surface area contributed by atoms with Crippen molar-refractivity contribution < 1.29 is 4.79 Å². The van der Waals surface area contributed by atoms with Crippen LogP contribution in [-0.4, -0.2) is 33.9 Å². The lowest BCUT2D eigenvalue weighted by atomic mass is 10.1. The first-order valence-corrected chi connectivity index (χ1v) is 9.25. The normalized spacial score (nSPS) is 14.0. The Morgan fingerprint density at radius 2 is 2.12 bits per heavy atom. The summed E-state index contributed by atoms with van der Waals surface area (Å²) >= 11 is 1.64. The Morgan fingerprint density at radius 3 is 2.92 bits per heavy atom. The molecule has 2 N–H and O–H groups in total. The van der Waals surface area contributed by atoms with Crippen LogP contribution >= 0.6 is 11.3 Å². The minimum absolute atomic E-state index is 0.122. The van der Waals surface area contributed by atoms with Crippen LogP contribution in [0.1, 0.15) is 28.9 Å². The molecule has 6 nitrogen and oxygen atoms in total. The second-order valence-corrected chi connectivity index (χ2v) is 6.82. The number of aromatic amines is 1. The molecule has 1 aliphatic heterocycles. The van der Waals surface area contributed by atoms with Crippen LogP contribution in [0.3, 0.4) is 0 Å². The van der Waals surface area contributed by atoms with Gasteiger partial charge < -0.3 is 15.2 Å². The van der Waals surface area contributed by atoms with Gasteiger partial charge in [-0.15, -0.1) is 11.3 Å². The standard InChI is InChI=1S/C18H19N5OS/c24-17(15-6-2-1-5-14(15)16-19-7-8-20-16)21-11-13-12-25-18(22-13)23-9-3-4-10-23/h1-2,5-8,12H,3-4,9-11H2,(H,19,20)(H,21,24). The summed E-state index contributed by atoms with van der Waals surface area (Å²) in [5.41, 5.74) is 2.30. The predicted octanol–water partition coefficient (Wildman–Crippen LogP) is 3.06. The largest absolute Gasteiger partial charge is 0.348 e. The van der Waals surface area contributed by atoms with E-state index in [0.29, 0.717) is 17.9 Å². The molecule has 1 aromatic carbocycles. The number of benzene rings is 1. The minimum Gasteiger partial charge on any atom is -0.348 e. The third-order valence-corrected chi connectivity index (χ3v) is 5.22. The van der Waals surface area contributed by atoms with Crippen molar-refractivity contribution in [1.82, 2.24) is 20.3 Å². The molecular formula is C18H19N5OS. The highest BCUT2D eigenvalue weighted by atomic mass is 32.1. The third-order valence-electron chi connectivity index (χ3n) is 4.27. The first kappa shape index (κ1) is 15.8. The molecule has 0 bridgehead atoms. The number of anilines is 1. The zero-order valence-corrected chi connectivity index (χ0v) is 14.6.